The van der Waals surface area contributed by atoms with Crippen molar-refractivity contribution in [2.24, 2.45) is 0 Å². The van der Waals surface area contributed by atoms with Gasteiger partial charge < -0.3 is 19.6 Å². The maximum Gasteiger partial charge on any atom is 0.0793 e. The van der Waals surface area contributed by atoms with Gasteiger partial charge in [-0.05, 0) is 33.0 Å². The number of ether oxygens (including phenoxy) is 1. The average Bonchev–Trinajstić information content (AvgIpc) is 2.90. The number of aliphatic hydroxyl groups excluding tert-OH is 1. The number of hydrogen-bond donors (Lipinski definition) is 1. The molecule has 2 rings (SSSR count). The van der Waals surface area contributed by atoms with E-state index < -0.39 is 0 Å². The molecule has 1 unspecified atom stereocenters. The maximum atomic E-state index is 10.1. The molecule has 0 aromatic heterocycles. The normalized spacial score (nSPS) is 24.2. The first kappa shape index (κ1) is 15.2. The van der Waals surface area contributed by atoms with E-state index in [1.54, 1.807) is 0 Å². The Hall–Kier alpha value is -0.200. The molecule has 0 aromatic rings. The third-order valence-electron chi connectivity index (χ3n) is 4.09. The van der Waals surface area contributed by atoms with Crippen LogP contribution in [0.2, 0.25) is 0 Å². The summed E-state index contributed by atoms with van der Waals surface area (Å²) in [5.41, 5.74) is 0. The number of β-amino-alcohol motifs (C(OH)–C–C–N with tert-alkyl or cyclic N) is 1. The van der Waals surface area contributed by atoms with Gasteiger partial charge in [0.2, 0.25) is 0 Å². The Labute approximate surface area is 117 Å². The van der Waals surface area contributed by atoms with Crippen molar-refractivity contribution >= 4 is 0 Å². The molecule has 1 N–H and O–H groups in total. The molecular weight excluding hydrogens is 242 g/mol. The Morgan fingerprint density at radius 2 is 1.79 bits per heavy atom. The van der Waals surface area contributed by atoms with Gasteiger partial charge in [0.25, 0.3) is 0 Å². The van der Waals surface area contributed by atoms with E-state index in [9.17, 15) is 5.11 Å². The minimum atomic E-state index is -0.248. The van der Waals surface area contributed by atoms with Crippen LogP contribution in [-0.2, 0) is 4.74 Å². The minimum absolute atomic E-state index is 0.248. The Kier molecular flexibility index (Phi) is 6.53. The molecule has 19 heavy (non-hydrogen) atoms. The lowest BCUT2D eigenvalue weighted by Gasteiger charge is -2.30. The summed E-state index contributed by atoms with van der Waals surface area (Å²) in [7, 11) is 2.11. The highest BCUT2D eigenvalue weighted by Crippen LogP contribution is 2.06. The molecule has 0 aliphatic carbocycles. The van der Waals surface area contributed by atoms with Gasteiger partial charge in [-0.1, -0.05) is 0 Å². The third kappa shape index (κ3) is 5.75. The van der Waals surface area contributed by atoms with Gasteiger partial charge >= 0.3 is 0 Å². The molecule has 0 saturated carbocycles. The lowest BCUT2D eigenvalue weighted by Crippen LogP contribution is -2.44. The average molecular weight is 271 g/mol. The zero-order valence-corrected chi connectivity index (χ0v) is 12.3. The van der Waals surface area contributed by atoms with Crippen LogP contribution in [0.5, 0.6) is 0 Å². The van der Waals surface area contributed by atoms with Gasteiger partial charge in [-0.15, -0.1) is 0 Å². The SMILES string of the molecule is CN(CCN1CCCC1)CC(O)CN1CCOCC1. The molecule has 0 bridgehead atoms. The minimum Gasteiger partial charge on any atom is -0.390 e. The van der Waals surface area contributed by atoms with E-state index in [0.717, 1.165) is 52.5 Å². The number of likely N-dealkylation sites (N-methyl/N-ethyl adjacent to an activating group) is 1. The van der Waals surface area contributed by atoms with Crippen LogP contribution in [0, 0.1) is 0 Å². The smallest absolute Gasteiger partial charge is 0.0793 e. The van der Waals surface area contributed by atoms with Crippen LogP contribution in [0.1, 0.15) is 12.8 Å². The highest BCUT2D eigenvalue weighted by Gasteiger charge is 2.17. The van der Waals surface area contributed by atoms with E-state index in [1.807, 2.05) is 0 Å². The van der Waals surface area contributed by atoms with Gasteiger partial charge in [-0.3, -0.25) is 4.90 Å². The van der Waals surface area contributed by atoms with Gasteiger partial charge in [0.05, 0.1) is 19.3 Å². The van der Waals surface area contributed by atoms with Crippen molar-refractivity contribution in [3.63, 3.8) is 0 Å². The first-order valence-electron chi connectivity index (χ1n) is 7.63. The largest absolute Gasteiger partial charge is 0.390 e. The van der Waals surface area contributed by atoms with Crippen molar-refractivity contribution in [3.05, 3.63) is 0 Å². The number of hydrogen-bond acceptors (Lipinski definition) is 5. The summed E-state index contributed by atoms with van der Waals surface area (Å²) in [6.45, 7) is 9.76. The van der Waals surface area contributed by atoms with E-state index in [0.29, 0.717) is 0 Å². The Bertz CT molecular complexity index is 241. The molecule has 2 heterocycles. The number of aliphatic hydroxyl groups is 1. The zero-order chi connectivity index (χ0) is 13.5. The topological polar surface area (TPSA) is 39.2 Å². The standard InChI is InChI=1S/C14H29N3O2/c1-15(6-7-16-4-2-3-5-16)12-14(18)13-17-8-10-19-11-9-17/h14,18H,2-13H2,1H3. The second-order valence-electron chi connectivity index (χ2n) is 5.88. The summed E-state index contributed by atoms with van der Waals surface area (Å²) in [6.07, 6.45) is 2.45. The summed E-state index contributed by atoms with van der Waals surface area (Å²) >= 11 is 0. The van der Waals surface area contributed by atoms with Crippen LogP contribution < -0.4 is 0 Å². The van der Waals surface area contributed by atoms with Gasteiger partial charge in [0.1, 0.15) is 0 Å². The van der Waals surface area contributed by atoms with Crippen molar-refractivity contribution in [2.75, 3.05) is 72.6 Å². The van der Waals surface area contributed by atoms with Crippen LogP contribution in [0.15, 0.2) is 0 Å². The molecule has 2 aliphatic rings. The van der Waals surface area contributed by atoms with Gasteiger partial charge in [-0.25, -0.2) is 0 Å². The second-order valence-corrected chi connectivity index (χ2v) is 5.88. The van der Waals surface area contributed by atoms with Crippen molar-refractivity contribution in [2.45, 2.75) is 18.9 Å². The van der Waals surface area contributed by atoms with Crippen LogP contribution in [0.4, 0.5) is 0 Å². The Balaban J connectivity index is 1.56. The molecule has 5 heteroatoms. The second kappa shape index (κ2) is 8.17. The number of likely N-dealkylation sites (tertiary alicyclic amines) is 1. The van der Waals surface area contributed by atoms with Gasteiger partial charge in [0, 0.05) is 39.3 Å². The molecular formula is C14H29N3O2. The summed E-state index contributed by atoms with van der Waals surface area (Å²) < 4.78 is 5.32. The molecule has 0 radical (unpaired) electrons. The van der Waals surface area contributed by atoms with Crippen molar-refractivity contribution < 1.29 is 9.84 Å². The summed E-state index contributed by atoms with van der Waals surface area (Å²) in [4.78, 5) is 7.07. The summed E-state index contributed by atoms with van der Waals surface area (Å²) in [5, 5.41) is 10.1. The van der Waals surface area contributed by atoms with Crippen molar-refractivity contribution in [1.82, 2.24) is 14.7 Å². The predicted molar refractivity (Wildman–Crippen MR) is 76.4 cm³/mol. The van der Waals surface area contributed by atoms with Crippen LogP contribution in [0.3, 0.4) is 0 Å². The van der Waals surface area contributed by atoms with Gasteiger partial charge in [-0.2, -0.15) is 0 Å². The number of morpholine rings is 1. The predicted octanol–water partition coefficient (Wildman–Crippen LogP) is -0.293. The molecule has 0 spiro atoms. The molecule has 1 atom stereocenters. The molecule has 2 saturated heterocycles. The van der Waals surface area contributed by atoms with Crippen LogP contribution >= 0.6 is 0 Å². The van der Waals surface area contributed by atoms with E-state index in [1.165, 1.54) is 25.9 Å². The maximum absolute atomic E-state index is 10.1. The van der Waals surface area contributed by atoms with Crippen molar-refractivity contribution in [3.8, 4) is 0 Å². The molecule has 0 amide bonds. The number of rotatable bonds is 7. The fraction of sp³-hybridized carbons (Fsp3) is 1.00. The highest BCUT2D eigenvalue weighted by atomic mass is 16.5. The first-order valence-corrected chi connectivity index (χ1v) is 7.63. The van der Waals surface area contributed by atoms with E-state index in [2.05, 4.69) is 21.7 Å². The van der Waals surface area contributed by atoms with E-state index >= 15 is 0 Å². The first-order chi connectivity index (χ1) is 9.24. The third-order valence-corrected chi connectivity index (χ3v) is 4.09. The lowest BCUT2D eigenvalue weighted by molar-refractivity contribution is 0.00835. The lowest BCUT2D eigenvalue weighted by atomic mass is 10.3. The van der Waals surface area contributed by atoms with Crippen molar-refractivity contribution in [1.29, 1.82) is 0 Å². The molecule has 2 aliphatic heterocycles. The van der Waals surface area contributed by atoms with E-state index in [4.69, 9.17) is 4.74 Å². The summed E-state index contributed by atoms with van der Waals surface area (Å²) in [5.74, 6) is 0. The fourth-order valence-electron chi connectivity index (χ4n) is 2.91. The molecule has 2 fully saturated rings. The fourth-order valence-corrected chi connectivity index (χ4v) is 2.91. The Morgan fingerprint density at radius 3 is 2.47 bits per heavy atom. The molecule has 0 aromatic carbocycles. The highest BCUT2D eigenvalue weighted by molar-refractivity contribution is 4.72. The molecule has 5 nitrogen and oxygen atoms in total. The zero-order valence-electron chi connectivity index (χ0n) is 12.3. The monoisotopic (exact) mass is 271 g/mol. The van der Waals surface area contributed by atoms with Crippen LogP contribution in [-0.4, -0.2) is 98.5 Å². The summed E-state index contributed by atoms with van der Waals surface area (Å²) in [6, 6.07) is 0. The molecule has 112 valence electrons. The van der Waals surface area contributed by atoms with Gasteiger partial charge in [0.15, 0.2) is 0 Å². The quantitative estimate of drug-likeness (QED) is 0.689. The number of nitrogens with zero attached hydrogens (tertiary/aromatic N) is 3. The van der Waals surface area contributed by atoms with Crippen LogP contribution in [0.25, 0.3) is 0 Å². The Morgan fingerprint density at radius 1 is 1.11 bits per heavy atom. The van der Waals surface area contributed by atoms with E-state index in [-0.39, 0.29) is 6.10 Å².